The Kier molecular flexibility index (Phi) is 6.10. The Morgan fingerprint density at radius 1 is 1.14 bits per heavy atom. The summed E-state index contributed by atoms with van der Waals surface area (Å²) in [6.45, 7) is 8.72. The number of hydrogen-bond acceptors (Lipinski definition) is 2. The Morgan fingerprint density at radius 2 is 1.86 bits per heavy atom. The summed E-state index contributed by atoms with van der Waals surface area (Å²) in [6.07, 6.45) is 7.00. The van der Waals surface area contributed by atoms with Gasteiger partial charge in [-0.2, -0.15) is 0 Å². The molecule has 0 heterocycles. The highest BCUT2D eigenvalue weighted by Gasteiger charge is 2.21. The fourth-order valence-electron chi connectivity index (χ4n) is 3.32. The summed E-state index contributed by atoms with van der Waals surface area (Å²) >= 11 is 0. The zero-order valence-electron chi connectivity index (χ0n) is 14.1. The SMILES string of the molecule is CCC1CCC(NC(C)c2cccc(OC(C)C)c2)CC1. The van der Waals surface area contributed by atoms with Gasteiger partial charge in [-0.15, -0.1) is 0 Å². The summed E-state index contributed by atoms with van der Waals surface area (Å²) in [4.78, 5) is 0. The molecule has 2 rings (SSSR count). The lowest BCUT2D eigenvalue weighted by Gasteiger charge is -2.31. The molecule has 2 nitrogen and oxygen atoms in total. The van der Waals surface area contributed by atoms with Crippen LogP contribution in [0.4, 0.5) is 0 Å². The highest BCUT2D eigenvalue weighted by atomic mass is 16.5. The quantitative estimate of drug-likeness (QED) is 0.787. The van der Waals surface area contributed by atoms with Crippen molar-refractivity contribution in [3.8, 4) is 5.75 Å². The molecule has 1 aliphatic carbocycles. The van der Waals surface area contributed by atoms with E-state index >= 15 is 0 Å². The minimum Gasteiger partial charge on any atom is -0.491 e. The third-order valence-corrected chi connectivity index (χ3v) is 4.64. The molecule has 1 aliphatic rings. The Morgan fingerprint density at radius 3 is 2.48 bits per heavy atom. The van der Waals surface area contributed by atoms with Gasteiger partial charge in [-0.25, -0.2) is 0 Å². The average molecular weight is 289 g/mol. The molecule has 1 saturated carbocycles. The van der Waals surface area contributed by atoms with E-state index in [1.165, 1.54) is 37.7 Å². The maximum atomic E-state index is 5.80. The first-order chi connectivity index (χ1) is 10.1. The van der Waals surface area contributed by atoms with E-state index in [0.29, 0.717) is 12.1 Å². The van der Waals surface area contributed by atoms with Gasteiger partial charge in [0.1, 0.15) is 5.75 Å². The molecule has 1 N–H and O–H groups in total. The Balaban J connectivity index is 1.89. The molecule has 0 saturated heterocycles. The smallest absolute Gasteiger partial charge is 0.120 e. The molecule has 2 heteroatoms. The topological polar surface area (TPSA) is 21.3 Å². The van der Waals surface area contributed by atoms with Gasteiger partial charge >= 0.3 is 0 Å². The Labute approximate surface area is 130 Å². The van der Waals surface area contributed by atoms with Crippen molar-refractivity contribution in [2.75, 3.05) is 0 Å². The van der Waals surface area contributed by atoms with Crippen LogP contribution in [0.25, 0.3) is 0 Å². The highest BCUT2D eigenvalue weighted by Crippen LogP contribution is 2.28. The maximum absolute atomic E-state index is 5.80. The highest BCUT2D eigenvalue weighted by molar-refractivity contribution is 5.30. The molecule has 0 spiro atoms. The fourth-order valence-corrected chi connectivity index (χ4v) is 3.32. The normalized spacial score (nSPS) is 24.0. The molecular weight excluding hydrogens is 258 g/mol. The predicted octanol–water partition coefficient (Wildman–Crippen LogP) is 5.09. The molecule has 1 aromatic rings. The predicted molar refractivity (Wildman–Crippen MR) is 89.8 cm³/mol. The molecule has 0 bridgehead atoms. The molecule has 0 amide bonds. The van der Waals surface area contributed by atoms with Crippen LogP contribution in [0.15, 0.2) is 24.3 Å². The van der Waals surface area contributed by atoms with Crippen molar-refractivity contribution in [3.05, 3.63) is 29.8 Å². The second-order valence-electron chi connectivity index (χ2n) is 6.75. The van der Waals surface area contributed by atoms with Gasteiger partial charge in [-0.3, -0.25) is 0 Å². The average Bonchev–Trinajstić information content (AvgIpc) is 2.47. The summed E-state index contributed by atoms with van der Waals surface area (Å²) in [5.74, 6) is 1.94. The van der Waals surface area contributed by atoms with Crippen LogP contribution < -0.4 is 10.1 Å². The Bertz CT molecular complexity index is 421. The van der Waals surface area contributed by atoms with Gasteiger partial charge in [-0.05, 0) is 70.1 Å². The molecule has 1 atom stereocenters. The summed E-state index contributed by atoms with van der Waals surface area (Å²) in [5, 5.41) is 3.80. The minimum absolute atomic E-state index is 0.229. The molecule has 1 fully saturated rings. The van der Waals surface area contributed by atoms with E-state index in [4.69, 9.17) is 4.74 Å². The van der Waals surface area contributed by atoms with Crippen molar-refractivity contribution in [1.82, 2.24) is 5.32 Å². The van der Waals surface area contributed by atoms with E-state index in [-0.39, 0.29) is 6.10 Å². The standard InChI is InChI=1S/C19H31NO/c1-5-16-9-11-18(12-10-16)20-15(4)17-7-6-8-19(13-17)21-14(2)3/h6-8,13-16,18,20H,5,9-12H2,1-4H3. The summed E-state index contributed by atoms with van der Waals surface area (Å²) in [7, 11) is 0. The lowest BCUT2D eigenvalue weighted by molar-refractivity contribution is 0.241. The van der Waals surface area contributed by atoms with Crippen LogP contribution in [0, 0.1) is 5.92 Å². The third-order valence-electron chi connectivity index (χ3n) is 4.64. The van der Waals surface area contributed by atoms with Crippen molar-refractivity contribution < 1.29 is 4.74 Å². The molecule has 0 aromatic heterocycles. The molecular formula is C19H31NO. The van der Waals surface area contributed by atoms with Gasteiger partial charge in [0, 0.05) is 12.1 Å². The number of benzene rings is 1. The molecule has 1 aromatic carbocycles. The van der Waals surface area contributed by atoms with Crippen molar-refractivity contribution in [3.63, 3.8) is 0 Å². The number of hydrogen-bond donors (Lipinski definition) is 1. The largest absolute Gasteiger partial charge is 0.491 e. The van der Waals surface area contributed by atoms with Gasteiger partial charge in [0.05, 0.1) is 6.10 Å². The van der Waals surface area contributed by atoms with E-state index in [2.05, 4.69) is 51.2 Å². The first-order valence-electron chi connectivity index (χ1n) is 8.61. The summed E-state index contributed by atoms with van der Waals surface area (Å²) in [5.41, 5.74) is 1.32. The van der Waals surface area contributed by atoms with Crippen LogP contribution in [0.3, 0.4) is 0 Å². The van der Waals surface area contributed by atoms with Crippen LogP contribution >= 0.6 is 0 Å². The lowest BCUT2D eigenvalue weighted by atomic mass is 9.84. The molecule has 1 unspecified atom stereocenters. The Hall–Kier alpha value is -1.02. The van der Waals surface area contributed by atoms with Crippen LogP contribution in [-0.2, 0) is 0 Å². The zero-order valence-corrected chi connectivity index (χ0v) is 14.1. The van der Waals surface area contributed by atoms with E-state index < -0.39 is 0 Å². The van der Waals surface area contributed by atoms with Gasteiger partial charge < -0.3 is 10.1 Å². The van der Waals surface area contributed by atoms with Gasteiger partial charge in [0.25, 0.3) is 0 Å². The van der Waals surface area contributed by atoms with Crippen molar-refractivity contribution in [2.45, 2.75) is 78.0 Å². The second-order valence-corrected chi connectivity index (χ2v) is 6.75. The van der Waals surface area contributed by atoms with E-state index in [0.717, 1.165) is 11.7 Å². The van der Waals surface area contributed by atoms with Gasteiger partial charge in [-0.1, -0.05) is 25.5 Å². The van der Waals surface area contributed by atoms with Gasteiger partial charge in [0.2, 0.25) is 0 Å². The molecule has 21 heavy (non-hydrogen) atoms. The maximum Gasteiger partial charge on any atom is 0.120 e. The first-order valence-corrected chi connectivity index (χ1v) is 8.61. The van der Waals surface area contributed by atoms with Crippen molar-refractivity contribution >= 4 is 0 Å². The van der Waals surface area contributed by atoms with E-state index in [1.807, 2.05) is 6.07 Å². The zero-order chi connectivity index (χ0) is 15.2. The number of rotatable bonds is 6. The van der Waals surface area contributed by atoms with E-state index in [9.17, 15) is 0 Å². The fraction of sp³-hybridized carbons (Fsp3) is 0.684. The molecule has 0 aliphatic heterocycles. The van der Waals surface area contributed by atoms with Crippen LogP contribution in [0.5, 0.6) is 5.75 Å². The lowest BCUT2D eigenvalue weighted by Crippen LogP contribution is -2.34. The van der Waals surface area contributed by atoms with Crippen molar-refractivity contribution in [2.24, 2.45) is 5.92 Å². The van der Waals surface area contributed by atoms with Crippen molar-refractivity contribution in [1.29, 1.82) is 0 Å². The van der Waals surface area contributed by atoms with Crippen LogP contribution in [-0.4, -0.2) is 12.1 Å². The van der Waals surface area contributed by atoms with Crippen LogP contribution in [0.1, 0.15) is 71.4 Å². The van der Waals surface area contributed by atoms with Gasteiger partial charge in [0.15, 0.2) is 0 Å². The number of ether oxygens (including phenoxy) is 1. The first kappa shape index (κ1) is 16.4. The molecule has 0 radical (unpaired) electrons. The summed E-state index contributed by atoms with van der Waals surface area (Å²) < 4.78 is 5.80. The second kappa shape index (κ2) is 7.84. The minimum atomic E-state index is 0.229. The molecule has 118 valence electrons. The third kappa shape index (κ3) is 5.03. The van der Waals surface area contributed by atoms with Crippen LogP contribution in [0.2, 0.25) is 0 Å². The monoisotopic (exact) mass is 289 g/mol. The summed E-state index contributed by atoms with van der Waals surface area (Å²) in [6, 6.07) is 9.58. The van der Waals surface area contributed by atoms with E-state index in [1.54, 1.807) is 0 Å². The number of nitrogens with one attached hydrogen (secondary N) is 1.